The number of nitrogens with zero attached hydrogens (tertiary/aromatic N) is 5. The molecule has 0 radical (unpaired) electrons. The van der Waals surface area contributed by atoms with Crippen molar-refractivity contribution in [2.75, 3.05) is 42.2 Å². The molecule has 3 fully saturated rings. The van der Waals surface area contributed by atoms with Crippen LogP contribution >= 0.6 is 0 Å². The summed E-state index contributed by atoms with van der Waals surface area (Å²) in [4.78, 5) is 50.2. The number of rotatable bonds is 11. The average molecular weight is 775 g/mol. The number of hydrogen-bond acceptors (Lipinski definition) is 9. The van der Waals surface area contributed by atoms with E-state index in [9.17, 15) is 27.6 Å². The lowest BCUT2D eigenvalue weighted by Crippen LogP contribution is -2.47. The van der Waals surface area contributed by atoms with E-state index in [4.69, 9.17) is 9.72 Å². The molecule has 1 unspecified atom stereocenters. The Morgan fingerprint density at radius 1 is 0.982 bits per heavy atom. The van der Waals surface area contributed by atoms with Gasteiger partial charge in [-0.05, 0) is 102 Å². The highest BCUT2D eigenvalue weighted by Gasteiger charge is 2.33. The zero-order chi connectivity index (χ0) is 39.6. The summed E-state index contributed by atoms with van der Waals surface area (Å²) in [5, 5.41) is 8.41. The molecule has 298 valence electrons. The highest BCUT2D eigenvalue weighted by molar-refractivity contribution is 6.04. The number of fused-ring (bicyclic) bond motifs is 1. The van der Waals surface area contributed by atoms with Crippen LogP contribution in [0.5, 0.6) is 5.75 Å². The van der Waals surface area contributed by atoms with Gasteiger partial charge in [0.1, 0.15) is 34.5 Å². The SMILES string of the molecule is CC(C)Oc1cc2nc(C3CCC(CN(C)C4CCN(c5cccc(NC6CCC(=O)NC6=O)c5)CC4)CC3)cn2cc1NC(=O)c1cccc(C(F)(F)F)n1. The third-order valence-corrected chi connectivity index (χ3v) is 11.1. The molecule has 3 amide bonds. The van der Waals surface area contributed by atoms with Crippen molar-refractivity contribution in [1.82, 2.24) is 24.6 Å². The molecule has 15 heteroatoms. The van der Waals surface area contributed by atoms with E-state index in [0.29, 0.717) is 47.8 Å². The van der Waals surface area contributed by atoms with Crippen LogP contribution in [0.1, 0.15) is 93.0 Å². The van der Waals surface area contributed by atoms with Gasteiger partial charge in [-0.15, -0.1) is 0 Å². The molecule has 56 heavy (non-hydrogen) atoms. The maximum atomic E-state index is 13.2. The van der Waals surface area contributed by atoms with Gasteiger partial charge >= 0.3 is 6.18 Å². The zero-order valence-electron chi connectivity index (χ0n) is 31.9. The number of pyridine rings is 2. The van der Waals surface area contributed by atoms with Crippen molar-refractivity contribution < 1.29 is 32.3 Å². The molecule has 1 saturated carbocycles. The lowest BCUT2D eigenvalue weighted by atomic mass is 9.80. The van der Waals surface area contributed by atoms with E-state index < -0.39 is 23.8 Å². The van der Waals surface area contributed by atoms with E-state index in [1.807, 2.05) is 36.6 Å². The average Bonchev–Trinajstić information content (AvgIpc) is 3.59. The second-order valence-electron chi connectivity index (χ2n) is 15.6. The first-order valence-electron chi connectivity index (χ1n) is 19.5. The molecule has 2 saturated heterocycles. The second-order valence-corrected chi connectivity index (χ2v) is 15.6. The number of alkyl halides is 3. The first-order valence-corrected chi connectivity index (χ1v) is 19.5. The van der Waals surface area contributed by atoms with Crippen LogP contribution in [0.25, 0.3) is 5.65 Å². The van der Waals surface area contributed by atoms with Gasteiger partial charge in [-0.3, -0.25) is 19.7 Å². The molecule has 1 aromatic carbocycles. The molecular formula is C41H49F3N8O4. The van der Waals surface area contributed by atoms with E-state index in [1.165, 1.54) is 6.07 Å². The van der Waals surface area contributed by atoms with Crippen molar-refractivity contribution in [3.05, 3.63) is 78.0 Å². The number of imidazole rings is 1. The molecule has 0 spiro atoms. The van der Waals surface area contributed by atoms with Gasteiger partial charge in [0.25, 0.3) is 5.91 Å². The molecule has 1 aliphatic carbocycles. The Morgan fingerprint density at radius 2 is 1.73 bits per heavy atom. The van der Waals surface area contributed by atoms with Crippen LogP contribution in [-0.2, 0) is 15.8 Å². The number of piperidine rings is 2. The van der Waals surface area contributed by atoms with Crippen LogP contribution in [0, 0.1) is 5.92 Å². The van der Waals surface area contributed by atoms with Gasteiger partial charge in [-0.25, -0.2) is 9.97 Å². The minimum absolute atomic E-state index is 0.219. The van der Waals surface area contributed by atoms with Gasteiger partial charge in [-0.1, -0.05) is 12.1 Å². The Bertz CT molecular complexity index is 2050. The standard InChI is InChI=1S/C41H49F3N8O4/c1-25(2)56-35-21-37-47-33(23-52(37)24-34(35)48-39(54)31-8-5-9-36(46-31)41(42,43)44)27-12-10-26(11-13-27)22-50(3)29-16-18-51(19-17-29)30-7-4-6-28(20-30)45-32-14-15-38(53)49-40(32)55/h4-9,20-21,23-27,29,32,45H,10-19,22H2,1-3H3,(H,48,54)(H,49,53,55). The van der Waals surface area contributed by atoms with Crippen LogP contribution in [-0.4, -0.2) is 81.9 Å². The second kappa shape index (κ2) is 16.5. The van der Waals surface area contributed by atoms with Gasteiger partial charge in [-0.2, -0.15) is 13.2 Å². The highest BCUT2D eigenvalue weighted by Crippen LogP contribution is 2.38. The van der Waals surface area contributed by atoms with Gasteiger partial charge in [0, 0.05) is 67.8 Å². The predicted octanol–water partition coefficient (Wildman–Crippen LogP) is 6.88. The zero-order valence-corrected chi connectivity index (χ0v) is 31.9. The molecule has 3 aliphatic rings. The van der Waals surface area contributed by atoms with Gasteiger partial charge < -0.3 is 29.6 Å². The van der Waals surface area contributed by atoms with Gasteiger partial charge in [0.15, 0.2) is 0 Å². The number of anilines is 3. The maximum Gasteiger partial charge on any atom is 0.433 e. The van der Waals surface area contributed by atoms with E-state index in [2.05, 4.69) is 49.9 Å². The molecule has 5 heterocycles. The summed E-state index contributed by atoms with van der Waals surface area (Å²) in [6, 6.07) is 13.2. The van der Waals surface area contributed by atoms with Crippen molar-refractivity contribution in [2.24, 2.45) is 5.92 Å². The third-order valence-electron chi connectivity index (χ3n) is 11.1. The van der Waals surface area contributed by atoms with E-state index in [0.717, 1.165) is 87.4 Å². The number of amides is 3. The third kappa shape index (κ3) is 9.26. The van der Waals surface area contributed by atoms with E-state index in [-0.39, 0.29) is 23.6 Å². The molecule has 4 aromatic rings. The first kappa shape index (κ1) is 39.1. The first-order chi connectivity index (χ1) is 26.8. The monoisotopic (exact) mass is 774 g/mol. The summed E-state index contributed by atoms with van der Waals surface area (Å²) in [6.45, 7) is 6.66. The van der Waals surface area contributed by atoms with Crippen LogP contribution < -0.4 is 25.6 Å². The number of benzene rings is 1. The largest absolute Gasteiger partial charge is 0.489 e. The van der Waals surface area contributed by atoms with E-state index >= 15 is 0 Å². The summed E-state index contributed by atoms with van der Waals surface area (Å²) < 4.78 is 47.5. The number of aromatic nitrogens is 3. The number of nitrogens with one attached hydrogen (secondary N) is 3. The highest BCUT2D eigenvalue weighted by atomic mass is 19.4. The molecule has 7 rings (SSSR count). The lowest BCUT2D eigenvalue weighted by Gasteiger charge is -2.40. The van der Waals surface area contributed by atoms with Gasteiger partial charge in [0.2, 0.25) is 11.8 Å². The molecule has 1 atom stereocenters. The lowest BCUT2D eigenvalue weighted by molar-refractivity contribution is -0.141. The summed E-state index contributed by atoms with van der Waals surface area (Å²) in [5.74, 6) is -0.00466. The molecule has 3 aromatic heterocycles. The molecule has 0 bridgehead atoms. The topological polar surface area (TPSA) is 133 Å². The van der Waals surface area contributed by atoms with Crippen molar-refractivity contribution >= 4 is 40.4 Å². The minimum Gasteiger partial charge on any atom is -0.489 e. The minimum atomic E-state index is -4.67. The van der Waals surface area contributed by atoms with Crippen molar-refractivity contribution in [3.8, 4) is 5.75 Å². The fourth-order valence-corrected chi connectivity index (χ4v) is 8.17. The van der Waals surface area contributed by atoms with Gasteiger partial charge in [0.05, 0.1) is 11.8 Å². The smallest absolute Gasteiger partial charge is 0.433 e. The Hall–Kier alpha value is -5.18. The van der Waals surface area contributed by atoms with Crippen molar-refractivity contribution in [1.29, 1.82) is 0 Å². The predicted molar refractivity (Wildman–Crippen MR) is 207 cm³/mol. The normalized spacial score (nSPS) is 21.1. The number of carbonyl (C=O) groups excluding carboxylic acids is 3. The number of halogens is 3. The quantitative estimate of drug-likeness (QED) is 0.140. The molecule has 2 aliphatic heterocycles. The van der Waals surface area contributed by atoms with Crippen LogP contribution in [0.3, 0.4) is 0 Å². The molecule has 12 nitrogen and oxygen atoms in total. The summed E-state index contributed by atoms with van der Waals surface area (Å²) in [6.07, 6.45) is 5.98. The molecular weight excluding hydrogens is 725 g/mol. The summed E-state index contributed by atoms with van der Waals surface area (Å²) in [7, 11) is 2.25. The van der Waals surface area contributed by atoms with Crippen LogP contribution in [0.2, 0.25) is 0 Å². The maximum absolute atomic E-state index is 13.2. The number of ether oxygens (including phenoxy) is 1. The summed E-state index contributed by atoms with van der Waals surface area (Å²) in [5.41, 5.74) is 2.47. The Kier molecular flexibility index (Phi) is 11.5. The Balaban J connectivity index is 0.918. The van der Waals surface area contributed by atoms with Crippen LogP contribution in [0.4, 0.5) is 30.2 Å². The molecule has 3 N–H and O–H groups in total. The van der Waals surface area contributed by atoms with Crippen LogP contribution in [0.15, 0.2) is 60.9 Å². The Morgan fingerprint density at radius 3 is 2.45 bits per heavy atom. The fraction of sp³-hybridized carbons (Fsp3) is 0.488. The summed E-state index contributed by atoms with van der Waals surface area (Å²) >= 11 is 0. The Labute approximate surface area is 324 Å². The number of carbonyl (C=O) groups is 3. The fourth-order valence-electron chi connectivity index (χ4n) is 8.17. The van der Waals surface area contributed by atoms with E-state index in [1.54, 1.807) is 12.3 Å². The van der Waals surface area contributed by atoms with Crippen molar-refractivity contribution in [3.63, 3.8) is 0 Å². The number of imide groups is 1. The number of hydrogen-bond donors (Lipinski definition) is 3. The van der Waals surface area contributed by atoms with Crippen molar-refractivity contribution in [2.45, 2.75) is 95.5 Å².